The van der Waals surface area contributed by atoms with Gasteiger partial charge >= 0.3 is 11.9 Å². The number of carboxylic acid groups (broad SMARTS) is 2. The Hall–Kier alpha value is -6.06. The minimum absolute atomic E-state index is 0.210. The lowest BCUT2D eigenvalue weighted by Gasteiger charge is -2.12. The number of aromatic hydroxyl groups is 2. The summed E-state index contributed by atoms with van der Waals surface area (Å²) in [6.45, 7) is 4.21. The van der Waals surface area contributed by atoms with Crippen LogP contribution in [0.2, 0.25) is 5.02 Å². The van der Waals surface area contributed by atoms with Gasteiger partial charge in [0.25, 0.3) is 11.8 Å². The van der Waals surface area contributed by atoms with E-state index in [-0.39, 0.29) is 22.9 Å². The second kappa shape index (κ2) is 14.6. The Balaban J connectivity index is 0.000000211. The second-order valence-electron chi connectivity index (χ2n) is 10.8. The van der Waals surface area contributed by atoms with Gasteiger partial charge in [-0.2, -0.15) is 0 Å². The van der Waals surface area contributed by atoms with E-state index in [1.807, 2.05) is 25.1 Å². The van der Waals surface area contributed by atoms with E-state index in [9.17, 15) is 29.4 Å². The van der Waals surface area contributed by atoms with E-state index in [0.29, 0.717) is 49.5 Å². The molecule has 0 aliphatic heterocycles. The van der Waals surface area contributed by atoms with Crippen LogP contribution in [0.4, 0.5) is 0 Å². The van der Waals surface area contributed by atoms with Crippen LogP contribution >= 0.6 is 22.9 Å². The summed E-state index contributed by atoms with van der Waals surface area (Å²) in [6.07, 6.45) is 0. The molecule has 0 unspecified atom stereocenters. The third-order valence-corrected chi connectivity index (χ3v) is 8.37. The molecule has 0 spiro atoms. The number of benzene rings is 3. The molecule has 0 radical (unpaired) electrons. The SMILES string of the molecule is Cc1nc(C(=O)NCC(=O)O)c(O)c2ccc(Cl)cc12.Cc1nc2ccc(Oc3ccc4c(C)nc(C(=O)NCC(=O)O)c(O)c4c3)cc2s1. The number of rotatable bonds is 8. The van der Waals surface area contributed by atoms with Gasteiger partial charge in [0.1, 0.15) is 24.6 Å². The third kappa shape index (κ3) is 7.80. The first-order valence-corrected chi connectivity index (χ1v) is 15.9. The van der Waals surface area contributed by atoms with Crippen molar-refractivity contribution in [1.82, 2.24) is 25.6 Å². The largest absolute Gasteiger partial charge is 0.505 e. The van der Waals surface area contributed by atoms with Crippen molar-refractivity contribution in [1.29, 1.82) is 0 Å². The molecule has 3 aromatic heterocycles. The first kappa shape index (κ1) is 35.3. The molecule has 0 saturated heterocycles. The highest BCUT2D eigenvalue weighted by molar-refractivity contribution is 7.18. The van der Waals surface area contributed by atoms with Gasteiger partial charge in [-0.3, -0.25) is 19.2 Å². The summed E-state index contributed by atoms with van der Waals surface area (Å²) in [6, 6.07) is 15.5. The number of amides is 2. The number of aliphatic carboxylic acids is 2. The number of halogens is 1. The number of hydrogen-bond donors (Lipinski definition) is 6. The summed E-state index contributed by atoms with van der Waals surface area (Å²) in [7, 11) is 0. The first-order valence-electron chi connectivity index (χ1n) is 14.7. The lowest BCUT2D eigenvalue weighted by Crippen LogP contribution is -2.30. The molecule has 16 heteroatoms. The van der Waals surface area contributed by atoms with Crippen LogP contribution in [0.3, 0.4) is 0 Å². The summed E-state index contributed by atoms with van der Waals surface area (Å²) >= 11 is 7.45. The highest BCUT2D eigenvalue weighted by Gasteiger charge is 2.20. The van der Waals surface area contributed by atoms with Gasteiger partial charge < -0.3 is 35.8 Å². The molecule has 6 N–H and O–H groups in total. The van der Waals surface area contributed by atoms with Crippen LogP contribution in [0, 0.1) is 20.8 Å². The van der Waals surface area contributed by atoms with Crippen LogP contribution < -0.4 is 15.4 Å². The first-order chi connectivity index (χ1) is 23.7. The van der Waals surface area contributed by atoms with Crippen molar-refractivity contribution in [3.8, 4) is 23.0 Å². The topological polar surface area (TPSA) is 221 Å². The number of pyridine rings is 2. The Morgan fingerprint density at radius 1 is 0.700 bits per heavy atom. The van der Waals surface area contributed by atoms with Gasteiger partial charge in [0.05, 0.1) is 15.2 Å². The van der Waals surface area contributed by atoms with Crippen LogP contribution in [0.5, 0.6) is 23.0 Å². The quantitative estimate of drug-likeness (QED) is 0.115. The monoisotopic (exact) mass is 717 g/mol. The van der Waals surface area contributed by atoms with E-state index in [0.717, 1.165) is 15.2 Å². The van der Waals surface area contributed by atoms with Crippen LogP contribution in [0.1, 0.15) is 37.4 Å². The molecule has 0 aliphatic carbocycles. The van der Waals surface area contributed by atoms with Gasteiger partial charge in [-0.05, 0) is 69.3 Å². The average Bonchev–Trinajstić information content (AvgIpc) is 3.45. The number of hydrogen-bond acceptors (Lipinski definition) is 11. The van der Waals surface area contributed by atoms with Gasteiger partial charge in [0, 0.05) is 44.0 Å². The Labute approximate surface area is 292 Å². The van der Waals surface area contributed by atoms with E-state index in [1.54, 1.807) is 61.6 Å². The third-order valence-electron chi connectivity index (χ3n) is 7.20. The number of nitrogens with one attached hydrogen (secondary N) is 2. The fraction of sp³-hybridized carbons (Fsp3) is 0.147. The van der Waals surface area contributed by atoms with Gasteiger partial charge in [-0.1, -0.05) is 11.6 Å². The number of carbonyl (C=O) groups excluding carboxylic acids is 2. The lowest BCUT2D eigenvalue weighted by molar-refractivity contribution is -0.136. The molecule has 0 fully saturated rings. The number of ether oxygens (including phenoxy) is 1. The molecule has 0 aliphatic rings. The van der Waals surface area contributed by atoms with Crippen molar-refractivity contribution in [2.45, 2.75) is 20.8 Å². The fourth-order valence-corrected chi connectivity index (χ4v) is 5.98. The summed E-state index contributed by atoms with van der Waals surface area (Å²) < 4.78 is 6.95. The number of aryl methyl sites for hydroxylation is 3. The average molecular weight is 718 g/mol. The number of nitrogens with zero attached hydrogens (tertiary/aromatic N) is 3. The summed E-state index contributed by atoms with van der Waals surface area (Å²) in [5.41, 5.74) is 1.50. The predicted molar refractivity (Wildman–Crippen MR) is 186 cm³/mol. The summed E-state index contributed by atoms with van der Waals surface area (Å²) in [5.74, 6) is -3.42. The number of fused-ring (bicyclic) bond motifs is 3. The standard InChI is InChI=1S/C21H17N3O5S.C13H11ClN2O4/c1-10-14-5-3-12(29-13-4-6-16-17(8-13)30-11(2)24-16)7-15(14)20(27)19(23-10)21(28)22-9-18(25)26;1-6-9-4-7(14)2-3-8(9)12(19)11(16-6)13(20)15-5-10(17)18/h3-8,27H,9H2,1-2H3,(H,22,28)(H,25,26);2-4,19H,5H2,1H3,(H,15,20)(H,17,18). The molecule has 0 atom stereocenters. The van der Waals surface area contributed by atoms with E-state index in [1.165, 1.54) is 0 Å². The Morgan fingerprint density at radius 3 is 1.86 bits per heavy atom. The molecule has 3 heterocycles. The van der Waals surface area contributed by atoms with E-state index in [2.05, 4.69) is 25.6 Å². The van der Waals surface area contributed by atoms with E-state index in [4.69, 9.17) is 26.6 Å². The van der Waals surface area contributed by atoms with Gasteiger partial charge in [0.15, 0.2) is 22.9 Å². The predicted octanol–water partition coefficient (Wildman–Crippen LogP) is 5.49. The van der Waals surface area contributed by atoms with E-state index >= 15 is 0 Å². The van der Waals surface area contributed by atoms with Crippen molar-refractivity contribution in [3.05, 3.63) is 87.4 Å². The van der Waals surface area contributed by atoms with Crippen LogP contribution in [0.15, 0.2) is 54.6 Å². The highest BCUT2D eigenvalue weighted by atomic mass is 35.5. The molecule has 2 amide bonds. The molecule has 0 bridgehead atoms. The molecule has 6 aromatic rings. The van der Waals surface area contributed by atoms with Gasteiger partial charge in [-0.15, -0.1) is 11.3 Å². The minimum Gasteiger partial charge on any atom is -0.505 e. The maximum atomic E-state index is 12.2. The molecule has 3 aromatic carbocycles. The van der Waals surface area contributed by atoms with Crippen molar-refractivity contribution < 1.29 is 44.3 Å². The van der Waals surface area contributed by atoms with Crippen LogP contribution in [-0.2, 0) is 9.59 Å². The zero-order valence-electron chi connectivity index (χ0n) is 26.6. The smallest absolute Gasteiger partial charge is 0.322 e. The van der Waals surface area contributed by atoms with Gasteiger partial charge in [-0.25, -0.2) is 15.0 Å². The molecule has 256 valence electrons. The minimum atomic E-state index is -1.19. The van der Waals surface area contributed by atoms with Gasteiger partial charge in [0.2, 0.25) is 0 Å². The van der Waals surface area contributed by atoms with Crippen molar-refractivity contribution in [3.63, 3.8) is 0 Å². The Morgan fingerprint density at radius 2 is 1.24 bits per heavy atom. The highest BCUT2D eigenvalue weighted by Crippen LogP contribution is 2.35. The number of carboxylic acids is 2. The molecule has 50 heavy (non-hydrogen) atoms. The number of thiazole rings is 1. The lowest BCUT2D eigenvalue weighted by atomic mass is 10.1. The number of carbonyl (C=O) groups is 4. The molecule has 6 rings (SSSR count). The Bertz CT molecular complexity index is 2340. The Kier molecular flexibility index (Phi) is 10.3. The van der Waals surface area contributed by atoms with E-state index < -0.39 is 36.8 Å². The molecular formula is C34H28ClN5O9S. The van der Waals surface area contributed by atoms with Crippen molar-refractivity contribution in [2.75, 3.05) is 13.1 Å². The number of aromatic nitrogens is 3. The van der Waals surface area contributed by atoms with Crippen molar-refractivity contribution in [2.24, 2.45) is 0 Å². The van der Waals surface area contributed by atoms with Crippen LogP contribution in [0.25, 0.3) is 31.8 Å². The molecule has 14 nitrogen and oxygen atoms in total. The summed E-state index contributed by atoms with van der Waals surface area (Å²) in [4.78, 5) is 57.7. The fourth-order valence-electron chi connectivity index (χ4n) is 4.95. The zero-order chi connectivity index (χ0) is 36.3. The summed E-state index contributed by atoms with van der Waals surface area (Å²) in [5, 5.41) is 45.9. The van der Waals surface area contributed by atoms with Crippen LogP contribution in [-0.4, -0.2) is 72.2 Å². The maximum Gasteiger partial charge on any atom is 0.322 e. The molecular weight excluding hydrogens is 690 g/mol. The second-order valence-corrected chi connectivity index (χ2v) is 12.5. The molecule has 0 saturated carbocycles. The maximum absolute atomic E-state index is 12.2. The van der Waals surface area contributed by atoms with Crippen molar-refractivity contribution >= 4 is 78.5 Å². The normalized spacial score (nSPS) is 10.8. The zero-order valence-corrected chi connectivity index (χ0v) is 28.1.